The quantitative estimate of drug-likeness (QED) is 0.445. The van der Waals surface area contributed by atoms with Gasteiger partial charge in [-0.1, -0.05) is 18.2 Å². The lowest BCUT2D eigenvalue weighted by Gasteiger charge is -2.12. The molecule has 3 aromatic heterocycles. The summed E-state index contributed by atoms with van der Waals surface area (Å²) in [5, 5.41) is 9.11. The van der Waals surface area contributed by atoms with Gasteiger partial charge in [-0.25, -0.2) is 14.2 Å². The zero-order chi connectivity index (χ0) is 22.8. The van der Waals surface area contributed by atoms with Crippen LogP contribution in [-0.4, -0.2) is 41.2 Å². The molecule has 0 bridgehead atoms. The number of benzene rings is 1. The number of nitrogens with one attached hydrogen (secondary N) is 2. The number of carbonyl (C=O) groups excluding carboxylic acids is 2. The van der Waals surface area contributed by atoms with E-state index in [2.05, 4.69) is 31.0 Å². The molecule has 2 N–H and O–H groups in total. The maximum Gasteiger partial charge on any atom is 0.290 e. The van der Waals surface area contributed by atoms with E-state index < -0.39 is 5.91 Å². The summed E-state index contributed by atoms with van der Waals surface area (Å²) in [6.07, 6.45) is 1.98. The maximum atomic E-state index is 12.7. The Morgan fingerprint density at radius 1 is 1.09 bits per heavy atom. The highest BCUT2D eigenvalue weighted by Gasteiger charge is 2.17. The van der Waals surface area contributed by atoms with Crippen molar-refractivity contribution in [3.8, 4) is 0 Å². The van der Waals surface area contributed by atoms with Crippen LogP contribution in [0.2, 0.25) is 0 Å². The topological polar surface area (TPSA) is 136 Å². The highest BCUT2D eigenvalue weighted by atomic mass is 16.2. The zero-order valence-electron chi connectivity index (χ0n) is 17.9. The number of aryl methyl sites for hydroxylation is 3. The van der Waals surface area contributed by atoms with Crippen LogP contribution in [0.25, 0.3) is 16.6 Å². The standard InChI is InChI=1S/C21H22N8O3/c1-4-28-20(32)16-8-6-5-7-15(16)18(27-28)19(31)26-25-17(30)10-9-14-12(2)24-21-22-11-23-29(21)13(14)3/h5-8,11H,4,9-10H2,1-3H3,(H,25,30)(H,26,31). The van der Waals surface area contributed by atoms with Crippen molar-refractivity contribution in [1.29, 1.82) is 0 Å². The molecule has 0 unspecified atom stereocenters. The number of hydrazine groups is 1. The van der Waals surface area contributed by atoms with Crippen LogP contribution in [0.3, 0.4) is 0 Å². The van der Waals surface area contributed by atoms with Crippen LogP contribution in [0.5, 0.6) is 0 Å². The van der Waals surface area contributed by atoms with Crippen molar-refractivity contribution in [3.63, 3.8) is 0 Å². The molecule has 11 heteroatoms. The molecule has 11 nitrogen and oxygen atoms in total. The SMILES string of the molecule is CCn1nc(C(=O)NNC(=O)CCc2c(C)nc3ncnn3c2C)c2ccccc2c1=O. The van der Waals surface area contributed by atoms with Gasteiger partial charge < -0.3 is 0 Å². The molecule has 4 rings (SSSR count). The van der Waals surface area contributed by atoms with Crippen molar-refractivity contribution in [2.45, 2.75) is 40.2 Å². The third-order valence-electron chi connectivity index (χ3n) is 5.29. The van der Waals surface area contributed by atoms with Crippen LogP contribution in [-0.2, 0) is 17.8 Å². The summed E-state index contributed by atoms with van der Waals surface area (Å²) >= 11 is 0. The molecule has 0 radical (unpaired) electrons. The van der Waals surface area contributed by atoms with Gasteiger partial charge in [-0.05, 0) is 38.8 Å². The first kappa shape index (κ1) is 21.1. The van der Waals surface area contributed by atoms with Gasteiger partial charge >= 0.3 is 0 Å². The van der Waals surface area contributed by atoms with Crippen LogP contribution in [0.1, 0.15) is 40.8 Å². The van der Waals surface area contributed by atoms with Gasteiger partial charge in [-0.3, -0.25) is 25.2 Å². The van der Waals surface area contributed by atoms with Crippen molar-refractivity contribution in [1.82, 2.24) is 40.2 Å². The van der Waals surface area contributed by atoms with E-state index in [0.29, 0.717) is 29.5 Å². The van der Waals surface area contributed by atoms with E-state index >= 15 is 0 Å². The lowest BCUT2D eigenvalue weighted by Crippen LogP contribution is -2.43. The van der Waals surface area contributed by atoms with Gasteiger partial charge in [0.2, 0.25) is 5.91 Å². The van der Waals surface area contributed by atoms with Gasteiger partial charge in [-0.15, -0.1) is 0 Å². The fraction of sp³-hybridized carbons (Fsp3) is 0.286. The molecular formula is C21H22N8O3. The zero-order valence-corrected chi connectivity index (χ0v) is 17.9. The van der Waals surface area contributed by atoms with Gasteiger partial charge in [0, 0.05) is 29.7 Å². The van der Waals surface area contributed by atoms with Gasteiger partial charge in [0.15, 0.2) is 5.69 Å². The molecule has 1 aromatic carbocycles. The molecule has 0 fully saturated rings. The smallest absolute Gasteiger partial charge is 0.273 e. The first-order valence-corrected chi connectivity index (χ1v) is 10.2. The molecule has 0 aliphatic heterocycles. The minimum atomic E-state index is -0.602. The number of amides is 2. The highest BCUT2D eigenvalue weighted by Crippen LogP contribution is 2.15. The summed E-state index contributed by atoms with van der Waals surface area (Å²) in [6, 6.07) is 6.74. The number of carbonyl (C=O) groups is 2. The fourth-order valence-corrected chi connectivity index (χ4v) is 3.62. The van der Waals surface area contributed by atoms with Crippen LogP contribution in [0.4, 0.5) is 0 Å². The number of hydrogen-bond donors (Lipinski definition) is 2. The molecule has 0 saturated heterocycles. The third-order valence-corrected chi connectivity index (χ3v) is 5.29. The number of rotatable bonds is 5. The van der Waals surface area contributed by atoms with Crippen molar-refractivity contribution in [2.75, 3.05) is 0 Å². The van der Waals surface area contributed by atoms with E-state index in [1.54, 1.807) is 35.7 Å². The normalized spacial score (nSPS) is 11.1. The lowest BCUT2D eigenvalue weighted by molar-refractivity contribution is -0.121. The summed E-state index contributed by atoms with van der Waals surface area (Å²) in [4.78, 5) is 46.0. The Labute approximate surface area is 182 Å². The minimum absolute atomic E-state index is 0.0647. The second kappa shape index (κ2) is 8.53. The molecule has 32 heavy (non-hydrogen) atoms. The van der Waals surface area contributed by atoms with Crippen molar-refractivity contribution >= 4 is 28.4 Å². The van der Waals surface area contributed by atoms with Crippen molar-refractivity contribution in [3.05, 3.63) is 63.6 Å². The second-order valence-corrected chi connectivity index (χ2v) is 7.25. The summed E-state index contributed by atoms with van der Waals surface area (Å²) in [5.41, 5.74) is 7.14. The predicted molar refractivity (Wildman–Crippen MR) is 116 cm³/mol. The molecular weight excluding hydrogens is 412 g/mol. The van der Waals surface area contributed by atoms with Crippen molar-refractivity contribution in [2.24, 2.45) is 0 Å². The highest BCUT2D eigenvalue weighted by molar-refractivity contribution is 6.05. The summed E-state index contributed by atoms with van der Waals surface area (Å²) in [7, 11) is 0. The molecule has 0 aliphatic rings. The van der Waals surface area contributed by atoms with Crippen LogP contribution in [0.15, 0.2) is 35.4 Å². The summed E-state index contributed by atoms with van der Waals surface area (Å²) in [5.74, 6) is -0.465. The molecule has 0 aliphatic carbocycles. The van der Waals surface area contributed by atoms with Crippen molar-refractivity contribution < 1.29 is 9.59 Å². The van der Waals surface area contributed by atoms with E-state index in [-0.39, 0.29) is 23.6 Å². The maximum absolute atomic E-state index is 12.7. The van der Waals surface area contributed by atoms with Gasteiger partial charge in [-0.2, -0.15) is 15.2 Å². The number of fused-ring (bicyclic) bond motifs is 2. The summed E-state index contributed by atoms with van der Waals surface area (Å²) < 4.78 is 2.85. The molecule has 164 valence electrons. The fourth-order valence-electron chi connectivity index (χ4n) is 3.62. The van der Waals surface area contributed by atoms with E-state index in [9.17, 15) is 14.4 Å². The van der Waals surface area contributed by atoms with E-state index in [4.69, 9.17) is 0 Å². The Morgan fingerprint density at radius 3 is 2.59 bits per heavy atom. The Balaban J connectivity index is 1.46. The average Bonchev–Trinajstić information content (AvgIpc) is 3.26. The Bertz CT molecular complexity index is 1410. The molecule has 3 heterocycles. The van der Waals surface area contributed by atoms with Crippen LogP contribution >= 0.6 is 0 Å². The molecule has 2 amide bonds. The molecule has 0 saturated carbocycles. The van der Waals surface area contributed by atoms with E-state index in [0.717, 1.165) is 17.0 Å². The van der Waals surface area contributed by atoms with Gasteiger partial charge in [0.25, 0.3) is 17.2 Å². The lowest BCUT2D eigenvalue weighted by atomic mass is 10.1. The van der Waals surface area contributed by atoms with Crippen LogP contribution < -0.4 is 16.4 Å². The first-order valence-electron chi connectivity index (χ1n) is 10.2. The monoisotopic (exact) mass is 434 g/mol. The van der Waals surface area contributed by atoms with Gasteiger partial charge in [0.1, 0.15) is 6.33 Å². The van der Waals surface area contributed by atoms with Crippen LogP contribution in [0, 0.1) is 13.8 Å². The Morgan fingerprint density at radius 2 is 1.84 bits per heavy atom. The largest absolute Gasteiger partial charge is 0.290 e. The molecule has 0 atom stereocenters. The number of hydrogen-bond acceptors (Lipinski definition) is 7. The molecule has 0 spiro atoms. The van der Waals surface area contributed by atoms with E-state index in [1.807, 2.05) is 13.8 Å². The minimum Gasteiger partial charge on any atom is -0.273 e. The number of aromatic nitrogens is 6. The molecule has 4 aromatic rings. The summed E-state index contributed by atoms with van der Waals surface area (Å²) in [6.45, 7) is 5.84. The predicted octanol–water partition coefficient (Wildman–Crippen LogP) is 0.865. The Kier molecular flexibility index (Phi) is 5.63. The number of nitrogens with zero attached hydrogens (tertiary/aromatic N) is 6. The second-order valence-electron chi connectivity index (χ2n) is 7.25. The third kappa shape index (κ3) is 3.80. The first-order chi connectivity index (χ1) is 15.4. The Hall–Kier alpha value is -4.15. The van der Waals surface area contributed by atoms with E-state index in [1.165, 1.54) is 11.0 Å². The average molecular weight is 434 g/mol. The van der Waals surface area contributed by atoms with Gasteiger partial charge in [0.05, 0.1) is 5.39 Å².